The second-order valence-corrected chi connectivity index (χ2v) is 3.09. The van der Waals surface area contributed by atoms with Gasteiger partial charge in [0.2, 0.25) is 0 Å². The Balaban J connectivity index is 2.32. The monoisotopic (exact) mass is 203 g/mol. The van der Waals surface area contributed by atoms with Crippen LogP contribution in [-0.4, -0.2) is 12.1 Å². The Bertz CT molecular complexity index is 354. The maximum absolute atomic E-state index is 11.2. The fourth-order valence-corrected chi connectivity index (χ4v) is 0.983. The van der Waals surface area contributed by atoms with Crippen molar-refractivity contribution in [1.29, 1.82) is 0 Å². The van der Waals surface area contributed by atoms with E-state index in [0.29, 0.717) is 0 Å². The molecule has 1 rings (SSSR count). The largest absolute Gasteiger partial charge is 0.445 e. The summed E-state index contributed by atoms with van der Waals surface area (Å²) >= 11 is 0. The third-order valence-corrected chi connectivity index (χ3v) is 1.80. The summed E-state index contributed by atoms with van der Waals surface area (Å²) in [5, 5.41) is 2.50. The number of hydrogen-bond acceptors (Lipinski definition) is 2. The Morgan fingerprint density at radius 1 is 1.53 bits per heavy atom. The van der Waals surface area contributed by atoms with Crippen LogP contribution in [0.25, 0.3) is 0 Å². The van der Waals surface area contributed by atoms with Crippen molar-refractivity contribution < 1.29 is 9.53 Å². The minimum atomic E-state index is -0.496. The molecule has 0 aliphatic heterocycles. The van der Waals surface area contributed by atoms with Gasteiger partial charge >= 0.3 is 6.09 Å². The van der Waals surface area contributed by atoms with Crippen LogP contribution in [0, 0.1) is 12.3 Å². The molecule has 0 aliphatic carbocycles. The van der Waals surface area contributed by atoms with Gasteiger partial charge in [0.25, 0.3) is 0 Å². The predicted molar refractivity (Wildman–Crippen MR) is 58.1 cm³/mol. The normalized spacial score (nSPS) is 11.2. The molecular formula is C12H13NO2. The zero-order valence-corrected chi connectivity index (χ0v) is 8.57. The molecule has 0 aliphatic rings. The first-order valence-corrected chi connectivity index (χ1v) is 4.65. The first kappa shape index (κ1) is 11.1. The average Bonchev–Trinajstić information content (AvgIpc) is 2.27. The highest BCUT2D eigenvalue weighted by Gasteiger charge is 2.04. The van der Waals surface area contributed by atoms with Crippen molar-refractivity contribution >= 4 is 6.09 Å². The quantitative estimate of drug-likeness (QED) is 0.762. The topological polar surface area (TPSA) is 38.3 Å². The molecule has 15 heavy (non-hydrogen) atoms. The van der Waals surface area contributed by atoms with Gasteiger partial charge in [0.1, 0.15) is 6.61 Å². The van der Waals surface area contributed by atoms with Crippen LogP contribution in [0.3, 0.4) is 0 Å². The summed E-state index contributed by atoms with van der Waals surface area (Å²) in [6.45, 7) is 1.97. The summed E-state index contributed by atoms with van der Waals surface area (Å²) in [5.74, 6) is 2.38. The first-order valence-electron chi connectivity index (χ1n) is 4.65. The zero-order chi connectivity index (χ0) is 11.1. The third kappa shape index (κ3) is 4.19. The molecule has 0 saturated carbocycles. The van der Waals surface area contributed by atoms with Gasteiger partial charge in [-0.15, -0.1) is 6.42 Å². The van der Waals surface area contributed by atoms with Gasteiger partial charge in [-0.1, -0.05) is 36.3 Å². The Kier molecular flexibility index (Phi) is 4.24. The summed E-state index contributed by atoms with van der Waals surface area (Å²) in [6.07, 6.45) is 4.61. The van der Waals surface area contributed by atoms with E-state index >= 15 is 0 Å². The molecule has 1 amide bonds. The lowest BCUT2D eigenvalue weighted by molar-refractivity contribution is 0.138. The molecule has 0 radical (unpaired) electrons. The van der Waals surface area contributed by atoms with E-state index in [1.165, 1.54) is 0 Å². The highest BCUT2D eigenvalue weighted by Crippen LogP contribution is 2.00. The molecule has 0 heterocycles. The van der Waals surface area contributed by atoms with Crippen molar-refractivity contribution in [2.45, 2.75) is 19.6 Å². The maximum Gasteiger partial charge on any atom is 0.408 e. The molecule has 0 fully saturated rings. The van der Waals surface area contributed by atoms with Crippen molar-refractivity contribution in [3.05, 3.63) is 35.9 Å². The number of ether oxygens (including phenoxy) is 1. The van der Waals surface area contributed by atoms with Crippen LogP contribution in [0.1, 0.15) is 12.5 Å². The Labute approximate surface area is 89.4 Å². The van der Waals surface area contributed by atoms with E-state index in [0.717, 1.165) is 5.56 Å². The average molecular weight is 203 g/mol. The Hall–Kier alpha value is -1.95. The van der Waals surface area contributed by atoms with E-state index in [-0.39, 0.29) is 12.6 Å². The van der Waals surface area contributed by atoms with Gasteiger partial charge in [-0.2, -0.15) is 0 Å². The lowest BCUT2D eigenvalue weighted by Gasteiger charge is -2.08. The number of hydrogen-bond donors (Lipinski definition) is 1. The van der Waals surface area contributed by atoms with Gasteiger partial charge in [0.05, 0.1) is 6.04 Å². The molecule has 78 valence electrons. The molecule has 1 aromatic rings. The van der Waals surface area contributed by atoms with Gasteiger partial charge in [-0.05, 0) is 12.5 Å². The van der Waals surface area contributed by atoms with E-state index in [9.17, 15) is 4.79 Å². The molecule has 3 nitrogen and oxygen atoms in total. The maximum atomic E-state index is 11.2. The smallest absolute Gasteiger partial charge is 0.408 e. The van der Waals surface area contributed by atoms with Crippen LogP contribution in [0.15, 0.2) is 30.3 Å². The summed E-state index contributed by atoms with van der Waals surface area (Å²) < 4.78 is 4.95. The lowest BCUT2D eigenvalue weighted by atomic mass is 10.2. The van der Waals surface area contributed by atoms with Crippen LogP contribution in [0.4, 0.5) is 4.79 Å². The van der Waals surface area contributed by atoms with Crippen molar-refractivity contribution in [1.82, 2.24) is 5.32 Å². The minimum absolute atomic E-state index is 0.254. The highest BCUT2D eigenvalue weighted by molar-refractivity contribution is 5.68. The third-order valence-electron chi connectivity index (χ3n) is 1.80. The molecule has 1 N–H and O–H groups in total. The molecule has 0 bridgehead atoms. The molecule has 0 aromatic heterocycles. The first-order chi connectivity index (χ1) is 7.22. The number of rotatable bonds is 3. The Morgan fingerprint density at radius 2 is 2.20 bits per heavy atom. The zero-order valence-electron chi connectivity index (χ0n) is 8.57. The summed E-state index contributed by atoms with van der Waals surface area (Å²) in [5.41, 5.74) is 0.945. The van der Waals surface area contributed by atoms with Gasteiger partial charge < -0.3 is 10.1 Å². The van der Waals surface area contributed by atoms with Crippen LogP contribution in [0.5, 0.6) is 0 Å². The molecule has 1 aromatic carbocycles. The van der Waals surface area contributed by atoms with Gasteiger partial charge in [0.15, 0.2) is 0 Å². The highest BCUT2D eigenvalue weighted by atomic mass is 16.5. The Morgan fingerprint density at radius 3 is 2.80 bits per heavy atom. The second kappa shape index (κ2) is 5.71. The standard InChI is InChI=1S/C12H13NO2/c1-3-10(2)13-12(14)15-9-11-7-5-4-6-8-11/h1,4-8,10H,9H2,2H3,(H,13,14). The fourth-order valence-electron chi connectivity index (χ4n) is 0.983. The number of benzene rings is 1. The SMILES string of the molecule is C#CC(C)NC(=O)OCc1ccccc1. The van der Waals surface area contributed by atoms with Crippen molar-refractivity contribution in [2.75, 3.05) is 0 Å². The number of carbonyl (C=O) groups is 1. The lowest BCUT2D eigenvalue weighted by Crippen LogP contribution is -2.31. The van der Waals surface area contributed by atoms with E-state index in [2.05, 4.69) is 11.2 Å². The van der Waals surface area contributed by atoms with Crippen LogP contribution >= 0.6 is 0 Å². The van der Waals surface area contributed by atoms with E-state index in [1.807, 2.05) is 30.3 Å². The number of amides is 1. The number of carbonyl (C=O) groups excluding carboxylic acids is 1. The second-order valence-electron chi connectivity index (χ2n) is 3.09. The van der Waals surface area contributed by atoms with Gasteiger partial charge in [-0.25, -0.2) is 4.79 Å². The summed E-state index contributed by atoms with van der Waals surface area (Å²) in [6, 6.07) is 9.15. The number of terminal acetylenes is 1. The molecule has 0 spiro atoms. The molecule has 1 unspecified atom stereocenters. The summed E-state index contributed by atoms with van der Waals surface area (Å²) in [7, 11) is 0. The molecule has 0 saturated heterocycles. The van der Waals surface area contributed by atoms with E-state index < -0.39 is 6.09 Å². The van der Waals surface area contributed by atoms with Crippen LogP contribution in [0.2, 0.25) is 0 Å². The van der Waals surface area contributed by atoms with E-state index in [1.54, 1.807) is 6.92 Å². The minimum Gasteiger partial charge on any atom is -0.445 e. The van der Waals surface area contributed by atoms with Crippen molar-refractivity contribution in [2.24, 2.45) is 0 Å². The van der Waals surface area contributed by atoms with Gasteiger partial charge in [0, 0.05) is 0 Å². The molecule has 1 atom stereocenters. The predicted octanol–water partition coefficient (Wildman–Crippen LogP) is 1.93. The van der Waals surface area contributed by atoms with Crippen molar-refractivity contribution in [3.8, 4) is 12.3 Å². The van der Waals surface area contributed by atoms with Crippen molar-refractivity contribution in [3.63, 3.8) is 0 Å². The molecule has 3 heteroatoms. The van der Waals surface area contributed by atoms with Crippen LogP contribution < -0.4 is 5.32 Å². The van der Waals surface area contributed by atoms with Gasteiger partial charge in [-0.3, -0.25) is 0 Å². The fraction of sp³-hybridized carbons (Fsp3) is 0.250. The van der Waals surface area contributed by atoms with Crippen LogP contribution in [-0.2, 0) is 11.3 Å². The number of alkyl carbamates (subject to hydrolysis) is 1. The van der Waals surface area contributed by atoms with E-state index in [4.69, 9.17) is 11.2 Å². The summed E-state index contributed by atoms with van der Waals surface area (Å²) in [4.78, 5) is 11.2. The molecular weight excluding hydrogens is 190 g/mol. The number of nitrogens with one attached hydrogen (secondary N) is 1.